The first-order chi connectivity index (χ1) is 10.1. The highest BCUT2D eigenvalue weighted by Gasteiger charge is 2.03. The predicted molar refractivity (Wildman–Crippen MR) is 87.5 cm³/mol. The molecule has 0 radical (unpaired) electrons. The summed E-state index contributed by atoms with van der Waals surface area (Å²) in [6, 6.07) is 15.6. The molecule has 3 nitrogen and oxygen atoms in total. The molecule has 0 saturated heterocycles. The van der Waals surface area contributed by atoms with Crippen LogP contribution in [0.5, 0.6) is 5.75 Å². The zero-order valence-electron chi connectivity index (χ0n) is 11.9. The lowest BCUT2D eigenvalue weighted by Crippen LogP contribution is -2.29. The van der Waals surface area contributed by atoms with Crippen LogP contribution in [0.4, 0.5) is 0 Å². The van der Waals surface area contributed by atoms with E-state index in [0.29, 0.717) is 19.6 Å². The number of halogens is 1. The molecule has 2 rings (SSSR count). The van der Waals surface area contributed by atoms with Crippen molar-refractivity contribution in [3.05, 3.63) is 64.1 Å². The number of ether oxygens (including phenoxy) is 1. The van der Waals surface area contributed by atoms with E-state index in [2.05, 4.69) is 21.2 Å². The van der Waals surface area contributed by atoms with E-state index in [-0.39, 0.29) is 5.91 Å². The molecule has 0 fully saturated rings. The normalized spacial score (nSPS) is 10.2. The number of rotatable bonds is 6. The zero-order valence-corrected chi connectivity index (χ0v) is 13.5. The summed E-state index contributed by atoms with van der Waals surface area (Å²) in [4.78, 5) is 11.8. The van der Waals surface area contributed by atoms with Crippen molar-refractivity contribution in [3.63, 3.8) is 0 Å². The monoisotopic (exact) mass is 347 g/mol. The Balaban J connectivity index is 1.70. The number of amides is 1. The van der Waals surface area contributed by atoms with Gasteiger partial charge in [0.2, 0.25) is 5.91 Å². The summed E-state index contributed by atoms with van der Waals surface area (Å²) in [7, 11) is 0. The maximum Gasteiger partial charge on any atom is 0.224 e. The van der Waals surface area contributed by atoms with E-state index in [1.165, 1.54) is 5.56 Å². The number of benzene rings is 2. The van der Waals surface area contributed by atoms with Crippen LogP contribution in [0, 0.1) is 6.92 Å². The average molecular weight is 348 g/mol. The van der Waals surface area contributed by atoms with Crippen molar-refractivity contribution in [2.75, 3.05) is 13.2 Å². The lowest BCUT2D eigenvalue weighted by atomic mass is 10.1. The molecule has 0 atom stereocenters. The average Bonchev–Trinajstić information content (AvgIpc) is 2.44. The Hall–Kier alpha value is -1.81. The van der Waals surface area contributed by atoms with Gasteiger partial charge in [0.05, 0.1) is 13.0 Å². The fourth-order valence-corrected chi connectivity index (χ4v) is 2.36. The standard InChI is InChI=1S/C17H18BrNO2/c1-13-4-2-5-14(10-13)11-17(20)19-8-9-21-16-7-3-6-15(18)12-16/h2-7,10,12H,8-9,11H2,1H3,(H,19,20). The second kappa shape index (κ2) is 7.84. The molecule has 0 aliphatic carbocycles. The molecule has 110 valence electrons. The van der Waals surface area contributed by atoms with E-state index in [9.17, 15) is 4.79 Å². The minimum Gasteiger partial charge on any atom is -0.492 e. The van der Waals surface area contributed by atoms with E-state index in [4.69, 9.17) is 4.74 Å². The van der Waals surface area contributed by atoms with Crippen LogP contribution in [0.15, 0.2) is 53.0 Å². The molecule has 0 spiro atoms. The second-order valence-corrected chi connectivity index (χ2v) is 5.74. The summed E-state index contributed by atoms with van der Waals surface area (Å²) in [5, 5.41) is 2.86. The SMILES string of the molecule is Cc1cccc(CC(=O)NCCOc2cccc(Br)c2)c1. The maximum atomic E-state index is 11.8. The molecule has 0 aliphatic heterocycles. The first kappa shape index (κ1) is 15.6. The molecule has 0 bridgehead atoms. The molecule has 0 unspecified atom stereocenters. The third kappa shape index (κ3) is 5.60. The molecule has 0 aliphatic rings. The van der Waals surface area contributed by atoms with Crippen LogP contribution in [0.1, 0.15) is 11.1 Å². The molecule has 0 heterocycles. The van der Waals surface area contributed by atoms with Gasteiger partial charge in [0.15, 0.2) is 0 Å². The van der Waals surface area contributed by atoms with Gasteiger partial charge in [-0.3, -0.25) is 4.79 Å². The maximum absolute atomic E-state index is 11.8. The van der Waals surface area contributed by atoms with Gasteiger partial charge in [-0.25, -0.2) is 0 Å². The van der Waals surface area contributed by atoms with Gasteiger partial charge < -0.3 is 10.1 Å². The Bertz CT molecular complexity index is 613. The van der Waals surface area contributed by atoms with Gasteiger partial charge in [-0.2, -0.15) is 0 Å². The first-order valence-electron chi connectivity index (χ1n) is 6.84. The summed E-state index contributed by atoms with van der Waals surface area (Å²) < 4.78 is 6.54. The molecule has 2 aromatic carbocycles. The van der Waals surface area contributed by atoms with Crippen LogP contribution in [-0.4, -0.2) is 19.1 Å². The summed E-state index contributed by atoms with van der Waals surface area (Å²) in [6.07, 6.45) is 0.401. The molecule has 4 heteroatoms. The molecular weight excluding hydrogens is 330 g/mol. The van der Waals surface area contributed by atoms with Crippen molar-refractivity contribution in [1.82, 2.24) is 5.32 Å². The lowest BCUT2D eigenvalue weighted by Gasteiger charge is -2.08. The number of carbonyl (C=O) groups is 1. The molecular formula is C17H18BrNO2. The minimum absolute atomic E-state index is 0.0124. The third-order valence-electron chi connectivity index (χ3n) is 2.94. The van der Waals surface area contributed by atoms with Crippen LogP contribution in [0.2, 0.25) is 0 Å². The van der Waals surface area contributed by atoms with E-state index in [1.54, 1.807) is 0 Å². The van der Waals surface area contributed by atoms with E-state index in [1.807, 2.05) is 55.5 Å². The number of hydrogen-bond donors (Lipinski definition) is 1. The molecule has 0 saturated carbocycles. The molecule has 2 aromatic rings. The van der Waals surface area contributed by atoms with Gasteiger partial charge in [-0.1, -0.05) is 51.8 Å². The predicted octanol–water partition coefficient (Wildman–Crippen LogP) is 3.50. The van der Waals surface area contributed by atoms with Gasteiger partial charge in [0.1, 0.15) is 12.4 Å². The van der Waals surface area contributed by atoms with Gasteiger partial charge in [-0.15, -0.1) is 0 Å². The first-order valence-corrected chi connectivity index (χ1v) is 7.63. The highest BCUT2D eigenvalue weighted by molar-refractivity contribution is 9.10. The van der Waals surface area contributed by atoms with E-state index in [0.717, 1.165) is 15.8 Å². The van der Waals surface area contributed by atoms with E-state index >= 15 is 0 Å². The van der Waals surface area contributed by atoms with Crippen LogP contribution in [0.3, 0.4) is 0 Å². The van der Waals surface area contributed by atoms with Crippen molar-refractivity contribution >= 4 is 21.8 Å². The lowest BCUT2D eigenvalue weighted by molar-refractivity contribution is -0.120. The number of carbonyl (C=O) groups excluding carboxylic acids is 1. The fraction of sp³-hybridized carbons (Fsp3) is 0.235. The van der Waals surface area contributed by atoms with Crippen molar-refractivity contribution in [3.8, 4) is 5.75 Å². The fourth-order valence-electron chi connectivity index (χ4n) is 1.99. The summed E-state index contributed by atoms with van der Waals surface area (Å²) >= 11 is 3.39. The van der Waals surface area contributed by atoms with Crippen LogP contribution in [-0.2, 0) is 11.2 Å². The van der Waals surface area contributed by atoms with Gasteiger partial charge in [0, 0.05) is 4.47 Å². The van der Waals surface area contributed by atoms with Crippen LogP contribution >= 0.6 is 15.9 Å². The summed E-state index contributed by atoms with van der Waals surface area (Å²) in [5.41, 5.74) is 2.19. The van der Waals surface area contributed by atoms with Crippen molar-refractivity contribution in [1.29, 1.82) is 0 Å². The summed E-state index contributed by atoms with van der Waals surface area (Å²) in [6.45, 7) is 2.97. The Morgan fingerprint density at radius 2 is 2.00 bits per heavy atom. The molecule has 0 aromatic heterocycles. The Morgan fingerprint density at radius 1 is 1.19 bits per heavy atom. The van der Waals surface area contributed by atoms with Gasteiger partial charge >= 0.3 is 0 Å². The van der Waals surface area contributed by atoms with Crippen LogP contribution in [0.25, 0.3) is 0 Å². The zero-order chi connectivity index (χ0) is 15.1. The second-order valence-electron chi connectivity index (χ2n) is 4.82. The quantitative estimate of drug-likeness (QED) is 0.812. The Kier molecular flexibility index (Phi) is 5.81. The van der Waals surface area contributed by atoms with Crippen molar-refractivity contribution in [2.24, 2.45) is 0 Å². The number of nitrogens with one attached hydrogen (secondary N) is 1. The number of hydrogen-bond acceptors (Lipinski definition) is 2. The van der Waals surface area contributed by atoms with Gasteiger partial charge in [-0.05, 0) is 30.7 Å². The third-order valence-corrected chi connectivity index (χ3v) is 3.43. The molecule has 1 N–H and O–H groups in total. The van der Waals surface area contributed by atoms with Gasteiger partial charge in [0.25, 0.3) is 0 Å². The smallest absolute Gasteiger partial charge is 0.224 e. The molecule has 21 heavy (non-hydrogen) atoms. The topological polar surface area (TPSA) is 38.3 Å². The van der Waals surface area contributed by atoms with Crippen molar-refractivity contribution in [2.45, 2.75) is 13.3 Å². The molecule has 1 amide bonds. The minimum atomic E-state index is 0.0124. The van der Waals surface area contributed by atoms with Crippen molar-refractivity contribution < 1.29 is 9.53 Å². The largest absolute Gasteiger partial charge is 0.492 e. The Morgan fingerprint density at radius 3 is 2.76 bits per heavy atom. The summed E-state index contributed by atoms with van der Waals surface area (Å²) in [5.74, 6) is 0.802. The Labute approximate surface area is 133 Å². The number of aryl methyl sites for hydroxylation is 1. The van der Waals surface area contributed by atoms with E-state index < -0.39 is 0 Å². The van der Waals surface area contributed by atoms with Crippen LogP contribution < -0.4 is 10.1 Å². The highest BCUT2D eigenvalue weighted by Crippen LogP contribution is 2.17. The highest BCUT2D eigenvalue weighted by atomic mass is 79.9.